The smallest absolute Gasteiger partial charge is 0.169 e. The summed E-state index contributed by atoms with van der Waals surface area (Å²) in [6, 6.07) is 3.29. The number of pyridine rings is 1. The molecule has 0 aliphatic carbocycles. The first kappa shape index (κ1) is 14.9. The van der Waals surface area contributed by atoms with Crippen molar-refractivity contribution in [3.63, 3.8) is 0 Å². The molecule has 0 spiro atoms. The molecule has 2 heterocycles. The molecule has 0 bridgehead atoms. The molecule has 0 unspecified atom stereocenters. The minimum absolute atomic E-state index is 0.0481. The van der Waals surface area contributed by atoms with Gasteiger partial charge in [-0.2, -0.15) is 0 Å². The maximum atomic E-state index is 13.7. The van der Waals surface area contributed by atoms with E-state index in [1.54, 1.807) is 12.1 Å². The second-order valence-electron chi connectivity index (χ2n) is 5.05. The lowest BCUT2D eigenvalue weighted by atomic mass is 9.92. The number of halogens is 2. The quantitative estimate of drug-likeness (QED) is 0.817. The van der Waals surface area contributed by atoms with Crippen molar-refractivity contribution < 1.29 is 14.0 Å². The van der Waals surface area contributed by atoms with Crippen molar-refractivity contribution in [2.75, 3.05) is 11.9 Å². The van der Waals surface area contributed by atoms with Gasteiger partial charge in [-0.15, -0.1) is 0 Å². The predicted molar refractivity (Wildman–Crippen MR) is 75.8 cm³/mol. The van der Waals surface area contributed by atoms with Crippen molar-refractivity contribution in [1.29, 1.82) is 0 Å². The number of nitrogens with one attached hydrogen (secondary N) is 1. The highest BCUT2D eigenvalue weighted by Crippen LogP contribution is 2.25. The summed E-state index contributed by atoms with van der Waals surface area (Å²) in [5, 5.41) is 16.1. The van der Waals surface area contributed by atoms with E-state index in [9.17, 15) is 9.50 Å². The molecule has 20 heavy (non-hydrogen) atoms. The number of anilines is 1. The van der Waals surface area contributed by atoms with Crippen LogP contribution in [0.2, 0.25) is 0 Å². The molecule has 0 atom stereocenters. The molecule has 5 nitrogen and oxygen atoms in total. The van der Waals surface area contributed by atoms with Gasteiger partial charge in [0.05, 0.1) is 6.61 Å². The summed E-state index contributed by atoms with van der Waals surface area (Å²) in [6.45, 7) is 3.90. The maximum absolute atomic E-state index is 13.7. The molecule has 0 amide bonds. The Morgan fingerprint density at radius 2 is 2.25 bits per heavy atom. The van der Waals surface area contributed by atoms with Gasteiger partial charge in [0.2, 0.25) is 0 Å². The Bertz CT molecular complexity index is 601. The SMILES string of the molecule is CC(C)(CO)c1cc(NCc2ccnc(Br)c2F)no1. The second kappa shape index (κ2) is 5.88. The fraction of sp³-hybridized carbons (Fsp3) is 0.385. The number of nitrogens with zero attached hydrogens (tertiary/aromatic N) is 2. The van der Waals surface area contributed by atoms with Crippen molar-refractivity contribution in [3.05, 3.63) is 40.1 Å². The molecule has 0 saturated carbocycles. The highest BCUT2D eigenvalue weighted by Gasteiger charge is 2.24. The van der Waals surface area contributed by atoms with Crippen molar-refractivity contribution in [3.8, 4) is 0 Å². The Hall–Kier alpha value is -1.47. The molecular formula is C13H15BrFN3O2. The average molecular weight is 344 g/mol. The first-order chi connectivity index (χ1) is 9.44. The fourth-order valence-corrected chi connectivity index (χ4v) is 1.91. The highest BCUT2D eigenvalue weighted by atomic mass is 79.9. The second-order valence-corrected chi connectivity index (χ2v) is 5.80. The van der Waals surface area contributed by atoms with Gasteiger partial charge in [0, 0.05) is 29.8 Å². The van der Waals surface area contributed by atoms with Crippen molar-refractivity contribution in [2.24, 2.45) is 0 Å². The van der Waals surface area contributed by atoms with Gasteiger partial charge < -0.3 is 14.9 Å². The van der Waals surface area contributed by atoms with Gasteiger partial charge in [-0.3, -0.25) is 0 Å². The predicted octanol–water partition coefficient (Wildman–Crippen LogP) is 2.85. The molecule has 108 valence electrons. The van der Waals surface area contributed by atoms with Crippen LogP contribution in [0.5, 0.6) is 0 Å². The summed E-state index contributed by atoms with van der Waals surface area (Å²) in [5.74, 6) is 0.659. The molecule has 2 aromatic rings. The number of aliphatic hydroxyl groups is 1. The van der Waals surface area contributed by atoms with Crippen LogP contribution in [-0.2, 0) is 12.0 Å². The van der Waals surface area contributed by atoms with Crippen LogP contribution in [0.1, 0.15) is 25.2 Å². The van der Waals surface area contributed by atoms with E-state index in [1.165, 1.54) is 6.20 Å². The maximum Gasteiger partial charge on any atom is 0.169 e. The highest BCUT2D eigenvalue weighted by molar-refractivity contribution is 9.10. The zero-order valence-corrected chi connectivity index (χ0v) is 12.7. The Balaban J connectivity index is 2.07. The summed E-state index contributed by atoms with van der Waals surface area (Å²) in [5.41, 5.74) is -0.0319. The number of aliphatic hydroxyl groups excluding tert-OH is 1. The molecule has 2 N–H and O–H groups in total. The lowest BCUT2D eigenvalue weighted by Crippen LogP contribution is -2.21. The molecule has 2 rings (SSSR count). The van der Waals surface area contributed by atoms with Gasteiger partial charge in [0.15, 0.2) is 11.6 Å². The van der Waals surface area contributed by atoms with Crippen LogP contribution >= 0.6 is 15.9 Å². The van der Waals surface area contributed by atoms with Gasteiger partial charge in [-0.05, 0) is 22.0 Å². The van der Waals surface area contributed by atoms with Crippen molar-refractivity contribution in [1.82, 2.24) is 10.1 Å². The van der Waals surface area contributed by atoms with Crippen molar-refractivity contribution in [2.45, 2.75) is 25.8 Å². The van der Waals surface area contributed by atoms with Gasteiger partial charge in [-0.25, -0.2) is 9.37 Å². The normalized spacial score (nSPS) is 11.7. The average Bonchev–Trinajstić information content (AvgIpc) is 2.90. The van der Waals surface area contributed by atoms with Gasteiger partial charge in [0.1, 0.15) is 10.4 Å². The van der Waals surface area contributed by atoms with Crippen LogP contribution in [0.3, 0.4) is 0 Å². The number of rotatable bonds is 5. The minimum Gasteiger partial charge on any atom is -0.395 e. The van der Waals surface area contributed by atoms with Crippen LogP contribution in [0, 0.1) is 5.82 Å². The molecular weight excluding hydrogens is 329 g/mol. The third-order valence-corrected chi connectivity index (χ3v) is 3.51. The largest absolute Gasteiger partial charge is 0.395 e. The molecule has 0 radical (unpaired) electrons. The molecule has 7 heteroatoms. The van der Waals surface area contributed by atoms with E-state index >= 15 is 0 Å². The minimum atomic E-state index is -0.502. The summed E-state index contributed by atoms with van der Waals surface area (Å²) >= 11 is 3.04. The van der Waals surface area contributed by atoms with Crippen LogP contribution in [0.25, 0.3) is 0 Å². The Kier molecular flexibility index (Phi) is 4.39. The lowest BCUT2D eigenvalue weighted by Gasteiger charge is -2.16. The van der Waals surface area contributed by atoms with E-state index in [1.807, 2.05) is 13.8 Å². The standard InChI is InChI=1S/C13H15BrFN3O2/c1-13(2,7-19)9-5-10(18-20-9)17-6-8-3-4-16-12(14)11(8)15/h3-5,19H,6-7H2,1-2H3,(H,17,18). The monoisotopic (exact) mass is 343 g/mol. The van der Waals surface area contributed by atoms with E-state index < -0.39 is 11.2 Å². The summed E-state index contributed by atoms with van der Waals surface area (Å²) in [7, 11) is 0. The summed E-state index contributed by atoms with van der Waals surface area (Å²) in [4.78, 5) is 3.79. The first-order valence-electron chi connectivity index (χ1n) is 6.05. The molecule has 0 aliphatic rings. The Morgan fingerprint density at radius 3 is 2.95 bits per heavy atom. The van der Waals surface area contributed by atoms with Crippen LogP contribution in [-0.4, -0.2) is 21.9 Å². The number of hydrogen-bond donors (Lipinski definition) is 2. The van der Waals surface area contributed by atoms with Crippen molar-refractivity contribution >= 4 is 21.7 Å². The molecule has 0 saturated heterocycles. The van der Waals surface area contributed by atoms with E-state index in [-0.39, 0.29) is 17.8 Å². The zero-order valence-electron chi connectivity index (χ0n) is 11.2. The van der Waals surface area contributed by atoms with Gasteiger partial charge in [0.25, 0.3) is 0 Å². The summed E-state index contributed by atoms with van der Waals surface area (Å²) in [6.07, 6.45) is 1.52. The zero-order chi connectivity index (χ0) is 14.8. The molecule has 0 aromatic carbocycles. The molecule has 0 fully saturated rings. The Morgan fingerprint density at radius 1 is 1.50 bits per heavy atom. The van der Waals surface area contributed by atoms with Crippen LogP contribution in [0.15, 0.2) is 27.5 Å². The number of hydrogen-bond acceptors (Lipinski definition) is 5. The van der Waals surface area contributed by atoms with Gasteiger partial charge in [-0.1, -0.05) is 19.0 Å². The third-order valence-electron chi connectivity index (χ3n) is 2.96. The van der Waals surface area contributed by atoms with E-state index in [4.69, 9.17) is 4.52 Å². The third kappa shape index (κ3) is 3.16. The first-order valence-corrected chi connectivity index (χ1v) is 6.84. The van der Waals surface area contributed by atoms with E-state index in [0.29, 0.717) is 17.1 Å². The van der Waals surface area contributed by atoms with Gasteiger partial charge >= 0.3 is 0 Å². The Labute approximate surface area is 124 Å². The fourth-order valence-electron chi connectivity index (χ4n) is 1.53. The molecule has 0 aliphatic heterocycles. The summed E-state index contributed by atoms with van der Waals surface area (Å²) < 4.78 is 19.1. The topological polar surface area (TPSA) is 71.2 Å². The van der Waals surface area contributed by atoms with E-state index in [0.717, 1.165) is 0 Å². The number of aromatic nitrogens is 2. The lowest BCUT2D eigenvalue weighted by molar-refractivity contribution is 0.187. The van der Waals surface area contributed by atoms with Crippen LogP contribution in [0.4, 0.5) is 10.2 Å². The molecule has 2 aromatic heterocycles. The van der Waals surface area contributed by atoms with Crippen LogP contribution < -0.4 is 5.32 Å². The van der Waals surface area contributed by atoms with E-state index in [2.05, 4.69) is 31.4 Å².